The summed E-state index contributed by atoms with van der Waals surface area (Å²) in [6, 6.07) is 10.7. The molecule has 0 radical (unpaired) electrons. The van der Waals surface area contributed by atoms with Crippen molar-refractivity contribution >= 4 is 23.2 Å². The highest BCUT2D eigenvalue weighted by Gasteiger charge is 2.17. The molecule has 2 aromatic heterocycles. The number of urea groups is 1. The monoisotopic (exact) mass is 408 g/mol. The molecule has 0 bridgehead atoms. The van der Waals surface area contributed by atoms with E-state index in [0.29, 0.717) is 22.8 Å². The van der Waals surface area contributed by atoms with Crippen molar-refractivity contribution in [1.82, 2.24) is 15.2 Å². The summed E-state index contributed by atoms with van der Waals surface area (Å²) in [7, 11) is 0. The normalized spacial score (nSPS) is 13.7. The van der Waals surface area contributed by atoms with Gasteiger partial charge in [0.05, 0.1) is 22.5 Å². The van der Waals surface area contributed by atoms with Gasteiger partial charge in [-0.3, -0.25) is 20.5 Å². The van der Waals surface area contributed by atoms with Crippen LogP contribution in [0, 0.1) is 10.1 Å². The Hall–Kier alpha value is -3.95. The van der Waals surface area contributed by atoms with Gasteiger partial charge in [-0.05, 0) is 31.7 Å². The lowest BCUT2D eigenvalue weighted by Gasteiger charge is -2.12. The molecule has 3 N–H and O–H groups in total. The zero-order valence-corrected chi connectivity index (χ0v) is 16.0. The van der Waals surface area contributed by atoms with Crippen molar-refractivity contribution in [2.45, 2.75) is 31.8 Å². The van der Waals surface area contributed by atoms with Crippen LogP contribution in [-0.4, -0.2) is 32.2 Å². The number of rotatable bonds is 6. The van der Waals surface area contributed by atoms with Gasteiger partial charge < -0.3 is 10.1 Å². The number of nitrogens with zero attached hydrogens (tertiary/aromatic N) is 3. The summed E-state index contributed by atoms with van der Waals surface area (Å²) >= 11 is 0. The number of hydrogen-bond donors (Lipinski definition) is 3. The second-order valence-corrected chi connectivity index (χ2v) is 6.96. The lowest BCUT2D eigenvalue weighted by molar-refractivity contribution is -0.384. The molecule has 10 nitrogen and oxygen atoms in total. The average molecular weight is 408 g/mol. The Bertz CT molecular complexity index is 1040. The molecule has 10 heteroatoms. The SMILES string of the molecule is O=C(Nc1ccc(OC2CCCC2)nc1)Nc1cc(-c2cccc([N+](=O)[O-])c2)[nH]n1. The average Bonchev–Trinajstić information content (AvgIpc) is 3.42. The highest BCUT2D eigenvalue weighted by Crippen LogP contribution is 2.25. The lowest BCUT2D eigenvalue weighted by Crippen LogP contribution is -2.19. The zero-order chi connectivity index (χ0) is 20.9. The minimum atomic E-state index is -0.488. The standard InChI is InChI=1S/C20H20N6O4/c27-20(22-14-8-9-19(21-12-14)30-16-6-1-2-7-16)23-18-11-17(24-25-18)13-4-3-5-15(10-13)26(28)29/h3-5,8-12,16H,1-2,6-7H2,(H3,22,23,24,25,27). The molecule has 0 spiro atoms. The smallest absolute Gasteiger partial charge is 0.324 e. The van der Waals surface area contributed by atoms with Crippen LogP contribution in [-0.2, 0) is 0 Å². The molecule has 3 aromatic rings. The first-order valence-electron chi connectivity index (χ1n) is 9.58. The molecule has 0 unspecified atom stereocenters. The molecule has 154 valence electrons. The number of anilines is 2. The topological polar surface area (TPSA) is 135 Å². The Kier molecular flexibility index (Phi) is 5.55. The number of hydrogen-bond acceptors (Lipinski definition) is 6. The maximum Gasteiger partial charge on any atom is 0.324 e. The number of pyridine rings is 1. The minimum Gasteiger partial charge on any atom is -0.474 e. The molecule has 1 saturated carbocycles. The number of aromatic nitrogens is 3. The molecule has 1 fully saturated rings. The number of nitro benzene ring substituents is 1. The van der Waals surface area contributed by atoms with Gasteiger partial charge in [-0.1, -0.05) is 12.1 Å². The van der Waals surface area contributed by atoms with Gasteiger partial charge in [-0.2, -0.15) is 5.10 Å². The van der Waals surface area contributed by atoms with Crippen LogP contribution in [0.4, 0.5) is 22.0 Å². The van der Waals surface area contributed by atoms with Gasteiger partial charge in [0.15, 0.2) is 5.82 Å². The van der Waals surface area contributed by atoms with Crippen molar-refractivity contribution in [3.63, 3.8) is 0 Å². The fourth-order valence-electron chi connectivity index (χ4n) is 3.30. The maximum atomic E-state index is 12.2. The third-order valence-electron chi connectivity index (χ3n) is 4.77. The summed E-state index contributed by atoms with van der Waals surface area (Å²) < 4.78 is 5.80. The number of carbonyl (C=O) groups is 1. The van der Waals surface area contributed by atoms with Crippen LogP contribution in [0.25, 0.3) is 11.3 Å². The number of nitro groups is 1. The van der Waals surface area contributed by atoms with E-state index in [4.69, 9.17) is 4.74 Å². The number of H-pyrrole nitrogens is 1. The number of carbonyl (C=O) groups excluding carboxylic acids is 1. The highest BCUT2D eigenvalue weighted by molar-refractivity contribution is 5.99. The van der Waals surface area contributed by atoms with Gasteiger partial charge in [0.25, 0.3) is 5.69 Å². The summed E-state index contributed by atoms with van der Waals surface area (Å²) in [5.41, 5.74) is 1.62. The van der Waals surface area contributed by atoms with Gasteiger partial charge in [0, 0.05) is 29.8 Å². The fraction of sp³-hybridized carbons (Fsp3) is 0.250. The largest absolute Gasteiger partial charge is 0.474 e. The van der Waals surface area contributed by atoms with E-state index in [1.807, 2.05) is 0 Å². The van der Waals surface area contributed by atoms with Crippen molar-refractivity contribution in [2.75, 3.05) is 10.6 Å². The molecule has 1 aliphatic rings. The Morgan fingerprint density at radius 3 is 2.73 bits per heavy atom. The van der Waals surface area contributed by atoms with Crippen LogP contribution in [0.15, 0.2) is 48.7 Å². The molecule has 2 amide bonds. The van der Waals surface area contributed by atoms with Gasteiger partial charge in [-0.25, -0.2) is 9.78 Å². The van der Waals surface area contributed by atoms with E-state index in [-0.39, 0.29) is 17.6 Å². The van der Waals surface area contributed by atoms with Crippen LogP contribution in [0.3, 0.4) is 0 Å². The predicted octanol–water partition coefficient (Wildman–Crippen LogP) is 4.35. The van der Waals surface area contributed by atoms with Gasteiger partial charge >= 0.3 is 6.03 Å². The Morgan fingerprint density at radius 1 is 1.17 bits per heavy atom. The molecule has 30 heavy (non-hydrogen) atoms. The molecular formula is C20H20N6O4. The van der Waals surface area contributed by atoms with E-state index >= 15 is 0 Å². The zero-order valence-electron chi connectivity index (χ0n) is 16.0. The Morgan fingerprint density at radius 2 is 2.00 bits per heavy atom. The van der Waals surface area contributed by atoms with Crippen molar-refractivity contribution < 1.29 is 14.5 Å². The van der Waals surface area contributed by atoms with E-state index < -0.39 is 11.0 Å². The van der Waals surface area contributed by atoms with Crippen LogP contribution in [0.1, 0.15) is 25.7 Å². The van der Waals surface area contributed by atoms with Crippen LogP contribution in [0.2, 0.25) is 0 Å². The van der Waals surface area contributed by atoms with Crippen LogP contribution in [0.5, 0.6) is 5.88 Å². The van der Waals surface area contributed by atoms with Crippen molar-refractivity contribution in [3.05, 3.63) is 58.8 Å². The third-order valence-corrected chi connectivity index (χ3v) is 4.77. The first-order valence-corrected chi connectivity index (χ1v) is 9.58. The van der Waals surface area contributed by atoms with Crippen LogP contribution >= 0.6 is 0 Å². The summed E-state index contributed by atoms with van der Waals surface area (Å²) in [4.78, 5) is 26.9. The second-order valence-electron chi connectivity index (χ2n) is 6.96. The number of ether oxygens (including phenoxy) is 1. The highest BCUT2D eigenvalue weighted by atomic mass is 16.6. The maximum absolute atomic E-state index is 12.2. The first kappa shape index (κ1) is 19.4. The number of nitrogens with one attached hydrogen (secondary N) is 3. The van der Waals surface area contributed by atoms with E-state index in [9.17, 15) is 14.9 Å². The molecule has 2 heterocycles. The van der Waals surface area contributed by atoms with Crippen LogP contribution < -0.4 is 15.4 Å². The first-order chi connectivity index (χ1) is 14.6. The van der Waals surface area contributed by atoms with E-state index in [2.05, 4.69) is 25.8 Å². The van der Waals surface area contributed by atoms with Crippen molar-refractivity contribution in [2.24, 2.45) is 0 Å². The van der Waals surface area contributed by atoms with Crippen molar-refractivity contribution in [3.8, 4) is 17.1 Å². The minimum absolute atomic E-state index is 0.0257. The molecule has 0 saturated heterocycles. The molecule has 0 aliphatic heterocycles. The number of amides is 2. The number of benzene rings is 1. The third kappa shape index (κ3) is 4.72. The summed E-state index contributed by atoms with van der Waals surface area (Å²) in [6.45, 7) is 0. The fourth-order valence-corrected chi connectivity index (χ4v) is 3.30. The molecule has 0 atom stereocenters. The molecule has 1 aliphatic carbocycles. The molecule has 4 rings (SSSR count). The van der Waals surface area contributed by atoms with Gasteiger partial charge in [-0.15, -0.1) is 0 Å². The summed E-state index contributed by atoms with van der Waals surface area (Å²) in [6.07, 6.45) is 6.21. The Balaban J connectivity index is 1.34. The summed E-state index contributed by atoms with van der Waals surface area (Å²) in [5, 5.41) is 23.0. The molecular weight excluding hydrogens is 388 g/mol. The predicted molar refractivity (Wildman–Crippen MR) is 110 cm³/mol. The summed E-state index contributed by atoms with van der Waals surface area (Å²) in [5.74, 6) is 0.824. The van der Waals surface area contributed by atoms with Crippen molar-refractivity contribution in [1.29, 1.82) is 0 Å². The van der Waals surface area contributed by atoms with Gasteiger partial charge in [0.1, 0.15) is 6.10 Å². The molecule has 1 aromatic carbocycles. The van der Waals surface area contributed by atoms with E-state index in [0.717, 1.165) is 12.8 Å². The number of non-ortho nitro benzene ring substituents is 1. The van der Waals surface area contributed by atoms with E-state index in [1.165, 1.54) is 31.2 Å². The Labute approximate surface area is 171 Å². The van der Waals surface area contributed by atoms with Gasteiger partial charge in [0.2, 0.25) is 5.88 Å². The number of aromatic amines is 1. The van der Waals surface area contributed by atoms with E-state index in [1.54, 1.807) is 30.3 Å². The quantitative estimate of drug-likeness (QED) is 0.410. The lowest BCUT2D eigenvalue weighted by atomic mass is 10.1. The second kappa shape index (κ2) is 8.60.